The number of halogens is 1. The van der Waals surface area contributed by atoms with Gasteiger partial charge in [-0.15, -0.1) is 11.3 Å². The molecule has 13 heavy (non-hydrogen) atoms. The quantitative estimate of drug-likeness (QED) is 0.893. The summed E-state index contributed by atoms with van der Waals surface area (Å²) in [4.78, 5) is 13.7. The van der Waals surface area contributed by atoms with Crippen LogP contribution in [0.3, 0.4) is 0 Å². The van der Waals surface area contributed by atoms with Crippen molar-refractivity contribution < 1.29 is 4.79 Å². The standard InChI is InChI=1S/C8H11BrN2OS/c1-11(4-8(10)12)3-7-2-6(9)5-13-7/h2,5H,3-4H2,1H3,(H2,10,12). The average molecular weight is 263 g/mol. The van der Waals surface area contributed by atoms with E-state index in [1.807, 2.05) is 23.4 Å². The van der Waals surface area contributed by atoms with E-state index in [2.05, 4.69) is 15.9 Å². The van der Waals surface area contributed by atoms with Crippen LogP contribution in [0.1, 0.15) is 4.88 Å². The smallest absolute Gasteiger partial charge is 0.231 e. The maximum Gasteiger partial charge on any atom is 0.231 e. The molecular weight excluding hydrogens is 252 g/mol. The number of carbonyl (C=O) groups excluding carboxylic acids is 1. The topological polar surface area (TPSA) is 46.3 Å². The van der Waals surface area contributed by atoms with Gasteiger partial charge in [0.2, 0.25) is 5.91 Å². The second kappa shape index (κ2) is 4.74. The molecule has 1 amide bonds. The normalized spacial score (nSPS) is 10.7. The zero-order chi connectivity index (χ0) is 9.84. The molecule has 0 aliphatic carbocycles. The van der Waals surface area contributed by atoms with Crippen molar-refractivity contribution in [3.63, 3.8) is 0 Å². The van der Waals surface area contributed by atoms with Crippen molar-refractivity contribution >= 4 is 33.2 Å². The van der Waals surface area contributed by atoms with Crippen LogP contribution in [-0.2, 0) is 11.3 Å². The van der Waals surface area contributed by atoms with E-state index in [0.717, 1.165) is 11.0 Å². The summed E-state index contributed by atoms with van der Waals surface area (Å²) < 4.78 is 1.08. The number of primary amides is 1. The minimum absolute atomic E-state index is 0.293. The van der Waals surface area contributed by atoms with Gasteiger partial charge in [0.1, 0.15) is 0 Å². The zero-order valence-electron chi connectivity index (χ0n) is 7.29. The average Bonchev–Trinajstić information content (AvgIpc) is 2.33. The molecular formula is C8H11BrN2OS. The molecule has 2 N–H and O–H groups in total. The molecule has 1 aromatic heterocycles. The number of nitrogens with two attached hydrogens (primary N) is 1. The van der Waals surface area contributed by atoms with Crippen molar-refractivity contribution in [2.24, 2.45) is 5.73 Å². The lowest BCUT2D eigenvalue weighted by atomic mass is 10.4. The van der Waals surface area contributed by atoms with Crippen LogP contribution in [0.15, 0.2) is 15.9 Å². The predicted molar refractivity (Wildman–Crippen MR) is 57.5 cm³/mol. The number of nitrogens with zero attached hydrogens (tertiary/aromatic N) is 1. The Balaban J connectivity index is 2.44. The second-order valence-electron chi connectivity index (χ2n) is 2.87. The van der Waals surface area contributed by atoms with Crippen molar-refractivity contribution in [1.82, 2.24) is 4.90 Å². The summed E-state index contributed by atoms with van der Waals surface area (Å²) in [6.45, 7) is 1.06. The highest BCUT2D eigenvalue weighted by atomic mass is 79.9. The maximum atomic E-state index is 10.6. The van der Waals surface area contributed by atoms with Crippen molar-refractivity contribution in [3.05, 3.63) is 20.8 Å². The molecule has 0 bridgehead atoms. The molecule has 0 aliphatic rings. The number of amides is 1. The van der Waals surface area contributed by atoms with Crippen LogP contribution in [0.2, 0.25) is 0 Å². The van der Waals surface area contributed by atoms with E-state index in [-0.39, 0.29) is 5.91 Å². The van der Waals surface area contributed by atoms with Crippen LogP contribution in [0.5, 0.6) is 0 Å². The summed E-state index contributed by atoms with van der Waals surface area (Å²) in [5, 5.41) is 2.02. The number of hydrogen-bond acceptors (Lipinski definition) is 3. The highest BCUT2D eigenvalue weighted by molar-refractivity contribution is 9.10. The van der Waals surface area contributed by atoms with Gasteiger partial charge in [-0.3, -0.25) is 9.69 Å². The van der Waals surface area contributed by atoms with Gasteiger partial charge in [0.15, 0.2) is 0 Å². The largest absolute Gasteiger partial charge is 0.369 e. The van der Waals surface area contributed by atoms with Gasteiger partial charge in [0.25, 0.3) is 0 Å². The maximum absolute atomic E-state index is 10.6. The minimum Gasteiger partial charge on any atom is -0.369 e. The van der Waals surface area contributed by atoms with Crippen LogP contribution in [0.25, 0.3) is 0 Å². The van der Waals surface area contributed by atoms with Gasteiger partial charge in [-0.25, -0.2) is 0 Å². The van der Waals surface area contributed by atoms with Crippen LogP contribution >= 0.6 is 27.3 Å². The molecule has 0 spiro atoms. The highest BCUT2D eigenvalue weighted by Gasteiger charge is 2.04. The summed E-state index contributed by atoms with van der Waals surface area (Å²) in [5.41, 5.74) is 5.07. The predicted octanol–water partition coefficient (Wildman–Crippen LogP) is 1.43. The van der Waals surface area contributed by atoms with Gasteiger partial charge in [0.05, 0.1) is 6.54 Å². The third-order valence-electron chi connectivity index (χ3n) is 1.47. The fraction of sp³-hybridized carbons (Fsp3) is 0.375. The molecule has 3 nitrogen and oxygen atoms in total. The Hall–Kier alpha value is -0.390. The number of carbonyl (C=O) groups is 1. The molecule has 0 aliphatic heterocycles. The summed E-state index contributed by atoms with van der Waals surface area (Å²) in [6, 6.07) is 2.04. The van der Waals surface area contributed by atoms with E-state index >= 15 is 0 Å². The monoisotopic (exact) mass is 262 g/mol. The zero-order valence-corrected chi connectivity index (χ0v) is 9.69. The Morgan fingerprint density at radius 3 is 2.92 bits per heavy atom. The molecule has 1 aromatic rings. The SMILES string of the molecule is CN(CC(N)=O)Cc1cc(Br)cs1. The molecule has 0 atom stereocenters. The molecule has 0 aromatic carbocycles. The van der Waals surface area contributed by atoms with E-state index in [1.165, 1.54) is 4.88 Å². The lowest BCUT2D eigenvalue weighted by Crippen LogP contribution is -2.29. The lowest BCUT2D eigenvalue weighted by molar-refractivity contribution is -0.118. The van der Waals surface area contributed by atoms with Crippen LogP contribution in [0.4, 0.5) is 0 Å². The van der Waals surface area contributed by atoms with E-state index in [4.69, 9.17) is 5.73 Å². The Morgan fingerprint density at radius 2 is 2.46 bits per heavy atom. The first kappa shape index (κ1) is 10.7. The molecule has 1 rings (SSSR count). The highest BCUT2D eigenvalue weighted by Crippen LogP contribution is 2.20. The molecule has 0 saturated carbocycles. The summed E-state index contributed by atoms with van der Waals surface area (Å²) in [6.07, 6.45) is 0. The van der Waals surface area contributed by atoms with Crippen molar-refractivity contribution in [2.75, 3.05) is 13.6 Å². The Bertz CT molecular complexity index is 300. The molecule has 0 fully saturated rings. The Labute approximate surface area is 89.7 Å². The van der Waals surface area contributed by atoms with E-state index in [9.17, 15) is 4.79 Å². The van der Waals surface area contributed by atoms with Gasteiger partial charge in [-0.05, 0) is 29.0 Å². The summed E-state index contributed by atoms with van der Waals surface area (Å²) in [7, 11) is 1.87. The Morgan fingerprint density at radius 1 is 1.77 bits per heavy atom. The molecule has 5 heteroatoms. The summed E-state index contributed by atoms with van der Waals surface area (Å²) >= 11 is 5.04. The van der Waals surface area contributed by atoms with Crippen LogP contribution < -0.4 is 5.73 Å². The minimum atomic E-state index is -0.293. The third kappa shape index (κ3) is 3.89. The lowest BCUT2D eigenvalue weighted by Gasteiger charge is -2.12. The van der Waals surface area contributed by atoms with E-state index in [1.54, 1.807) is 11.3 Å². The van der Waals surface area contributed by atoms with Crippen molar-refractivity contribution in [2.45, 2.75) is 6.54 Å². The molecule has 0 saturated heterocycles. The number of thiophene rings is 1. The van der Waals surface area contributed by atoms with Gasteiger partial charge in [-0.2, -0.15) is 0 Å². The molecule has 1 heterocycles. The first-order chi connectivity index (χ1) is 6.08. The number of likely N-dealkylation sites (N-methyl/N-ethyl adjacent to an activating group) is 1. The van der Waals surface area contributed by atoms with Crippen LogP contribution in [-0.4, -0.2) is 24.4 Å². The molecule has 0 radical (unpaired) electrons. The fourth-order valence-corrected chi connectivity index (χ4v) is 2.55. The van der Waals surface area contributed by atoms with Crippen LogP contribution in [0, 0.1) is 0 Å². The van der Waals surface area contributed by atoms with Crippen molar-refractivity contribution in [3.8, 4) is 0 Å². The van der Waals surface area contributed by atoms with Gasteiger partial charge < -0.3 is 5.73 Å². The van der Waals surface area contributed by atoms with E-state index < -0.39 is 0 Å². The first-order valence-corrected chi connectivity index (χ1v) is 5.45. The van der Waals surface area contributed by atoms with Crippen molar-refractivity contribution in [1.29, 1.82) is 0 Å². The second-order valence-corrected chi connectivity index (χ2v) is 4.78. The third-order valence-corrected chi connectivity index (χ3v) is 3.16. The molecule has 72 valence electrons. The molecule has 0 unspecified atom stereocenters. The fourth-order valence-electron chi connectivity index (χ4n) is 1.02. The summed E-state index contributed by atoms with van der Waals surface area (Å²) in [5.74, 6) is -0.293. The number of hydrogen-bond donors (Lipinski definition) is 1. The van der Waals surface area contributed by atoms with E-state index in [0.29, 0.717) is 6.54 Å². The number of rotatable bonds is 4. The van der Waals surface area contributed by atoms with Gasteiger partial charge >= 0.3 is 0 Å². The van der Waals surface area contributed by atoms with Gasteiger partial charge in [0, 0.05) is 21.3 Å². The Kier molecular flexibility index (Phi) is 3.90. The van der Waals surface area contributed by atoms with Gasteiger partial charge in [-0.1, -0.05) is 0 Å². The first-order valence-electron chi connectivity index (χ1n) is 3.77.